The quantitative estimate of drug-likeness (QED) is 0.581. The van der Waals surface area contributed by atoms with Crippen LogP contribution in [0.2, 0.25) is 0 Å². The van der Waals surface area contributed by atoms with Crippen LogP contribution in [0.1, 0.15) is 56.6 Å². The number of halogens is 1. The molecule has 3 nitrogen and oxygen atoms in total. The molecule has 0 aliphatic carbocycles. The van der Waals surface area contributed by atoms with Crippen LogP contribution < -0.4 is 5.73 Å². The van der Waals surface area contributed by atoms with Gasteiger partial charge in [0.05, 0.1) is 18.8 Å². The van der Waals surface area contributed by atoms with E-state index in [2.05, 4.69) is 6.92 Å². The van der Waals surface area contributed by atoms with Gasteiger partial charge in [0.1, 0.15) is 0 Å². The fraction of sp³-hybridized carbons (Fsp3) is 0.647. The number of unbranched alkanes of at least 4 members (excludes halogenated alkanes) is 5. The van der Waals surface area contributed by atoms with Crippen molar-refractivity contribution >= 4 is 12.4 Å². The summed E-state index contributed by atoms with van der Waals surface area (Å²) in [7, 11) is 0. The van der Waals surface area contributed by atoms with Crippen LogP contribution in [0.25, 0.3) is 0 Å². The van der Waals surface area contributed by atoms with Crippen LogP contribution >= 0.6 is 12.4 Å². The molecule has 0 radical (unpaired) electrons. The van der Waals surface area contributed by atoms with Crippen LogP contribution in [0.4, 0.5) is 0 Å². The van der Waals surface area contributed by atoms with Crippen molar-refractivity contribution in [2.24, 2.45) is 5.73 Å². The second-order valence-corrected chi connectivity index (χ2v) is 5.69. The van der Waals surface area contributed by atoms with Crippen LogP contribution in [0.5, 0.6) is 0 Å². The third kappa shape index (κ3) is 6.79. The number of benzene rings is 1. The van der Waals surface area contributed by atoms with Crippen molar-refractivity contribution in [3.63, 3.8) is 0 Å². The normalized spacial score (nSPS) is 11.2. The van der Waals surface area contributed by atoms with E-state index in [1.165, 1.54) is 44.1 Å². The number of nitrogens with two attached hydrogens (primary N) is 1. The van der Waals surface area contributed by atoms with Crippen LogP contribution in [-0.2, 0) is 12.0 Å². The average Bonchev–Trinajstić information content (AvgIpc) is 2.50. The van der Waals surface area contributed by atoms with Crippen LogP contribution in [-0.4, -0.2) is 23.4 Å². The van der Waals surface area contributed by atoms with Crippen molar-refractivity contribution in [2.45, 2.75) is 57.4 Å². The van der Waals surface area contributed by atoms with Crippen molar-refractivity contribution in [2.75, 3.05) is 13.2 Å². The smallest absolute Gasteiger partial charge is 0.0878 e. The molecule has 0 aromatic heterocycles. The van der Waals surface area contributed by atoms with Gasteiger partial charge in [-0.1, -0.05) is 63.3 Å². The summed E-state index contributed by atoms with van der Waals surface area (Å²) >= 11 is 0. The molecule has 0 aliphatic rings. The van der Waals surface area contributed by atoms with E-state index in [0.717, 1.165) is 12.0 Å². The first-order valence-electron chi connectivity index (χ1n) is 7.76. The molecule has 4 heteroatoms. The summed E-state index contributed by atoms with van der Waals surface area (Å²) in [6.45, 7) is 1.73. The Labute approximate surface area is 135 Å². The summed E-state index contributed by atoms with van der Waals surface area (Å²) in [6.07, 6.45) is 8.90. The van der Waals surface area contributed by atoms with E-state index in [0.29, 0.717) is 0 Å². The Bertz CT molecular complexity index is 364. The average molecular weight is 316 g/mol. The molecule has 0 aliphatic heterocycles. The Morgan fingerprint density at radius 1 is 0.905 bits per heavy atom. The zero-order valence-corrected chi connectivity index (χ0v) is 13.9. The standard InChI is InChI=1S/C17H29NO2.ClH/c1-2-3-4-5-6-7-8-15-9-11-16(12-10-15)17(18,13-19)14-20;/h9-12,19-20H,2-8,13-14,18H2,1H3;1H. The van der Waals surface area contributed by atoms with Gasteiger partial charge in [-0.3, -0.25) is 0 Å². The number of hydrogen-bond donors (Lipinski definition) is 3. The van der Waals surface area contributed by atoms with E-state index in [1.54, 1.807) is 0 Å². The third-order valence-corrected chi connectivity index (χ3v) is 3.91. The Morgan fingerprint density at radius 2 is 1.43 bits per heavy atom. The summed E-state index contributed by atoms with van der Waals surface area (Å²) < 4.78 is 0. The van der Waals surface area contributed by atoms with Gasteiger partial charge < -0.3 is 15.9 Å². The molecule has 0 spiro atoms. The van der Waals surface area contributed by atoms with Gasteiger partial charge in [-0.05, 0) is 24.0 Å². The number of rotatable bonds is 10. The highest BCUT2D eigenvalue weighted by Crippen LogP contribution is 2.19. The van der Waals surface area contributed by atoms with E-state index in [4.69, 9.17) is 5.73 Å². The van der Waals surface area contributed by atoms with Gasteiger partial charge in [0.25, 0.3) is 0 Å². The maximum absolute atomic E-state index is 9.27. The fourth-order valence-corrected chi connectivity index (χ4v) is 2.35. The highest BCUT2D eigenvalue weighted by molar-refractivity contribution is 5.85. The van der Waals surface area contributed by atoms with E-state index >= 15 is 0 Å². The first-order valence-corrected chi connectivity index (χ1v) is 7.76. The Hall–Kier alpha value is -0.610. The predicted octanol–water partition coefficient (Wildman–Crippen LogP) is 3.15. The van der Waals surface area contributed by atoms with E-state index in [1.807, 2.05) is 24.3 Å². The molecule has 0 atom stereocenters. The second-order valence-electron chi connectivity index (χ2n) is 5.69. The Morgan fingerprint density at radius 3 is 1.95 bits per heavy atom. The summed E-state index contributed by atoms with van der Waals surface area (Å²) in [4.78, 5) is 0. The topological polar surface area (TPSA) is 66.5 Å². The number of aliphatic hydroxyl groups excluding tert-OH is 2. The molecule has 4 N–H and O–H groups in total. The highest BCUT2D eigenvalue weighted by atomic mass is 35.5. The molecule has 1 aromatic rings. The SMILES string of the molecule is CCCCCCCCc1ccc(C(N)(CO)CO)cc1.Cl. The van der Waals surface area contributed by atoms with Crippen molar-refractivity contribution in [1.29, 1.82) is 0 Å². The van der Waals surface area contributed by atoms with Crippen molar-refractivity contribution in [3.05, 3.63) is 35.4 Å². The molecule has 0 fully saturated rings. The lowest BCUT2D eigenvalue weighted by Gasteiger charge is -2.25. The fourth-order valence-electron chi connectivity index (χ4n) is 2.35. The largest absolute Gasteiger partial charge is 0.394 e. The number of hydrogen-bond acceptors (Lipinski definition) is 3. The molecule has 0 amide bonds. The zero-order valence-electron chi connectivity index (χ0n) is 13.1. The Balaban J connectivity index is 0.00000400. The van der Waals surface area contributed by atoms with Gasteiger partial charge in [-0.2, -0.15) is 0 Å². The van der Waals surface area contributed by atoms with Crippen LogP contribution in [0.15, 0.2) is 24.3 Å². The molecule has 1 aromatic carbocycles. The van der Waals surface area contributed by atoms with E-state index < -0.39 is 5.54 Å². The molecule has 0 saturated carbocycles. The summed E-state index contributed by atoms with van der Waals surface area (Å²) in [6, 6.07) is 7.93. The second kappa shape index (κ2) is 11.0. The Kier molecular flexibility index (Phi) is 10.7. The minimum Gasteiger partial charge on any atom is -0.394 e. The molecule has 0 bridgehead atoms. The van der Waals surface area contributed by atoms with Gasteiger partial charge in [0.2, 0.25) is 0 Å². The number of aryl methyl sites for hydroxylation is 1. The highest BCUT2D eigenvalue weighted by Gasteiger charge is 2.25. The maximum Gasteiger partial charge on any atom is 0.0878 e. The molecule has 21 heavy (non-hydrogen) atoms. The molecule has 1 rings (SSSR count). The summed E-state index contributed by atoms with van der Waals surface area (Å²) in [5.74, 6) is 0. The molecule has 0 saturated heterocycles. The van der Waals surface area contributed by atoms with E-state index in [-0.39, 0.29) is 25.6 Å². The lowest BCUT2D eigenvalue weighted by atomic mass is 9.91. The van der Waals surface area contributed by atoms with Crippen molar-refractivity contribution < 1.29 is 10.2 Å². The monoisotopic (exact) mass is 315 g/mol. The molecule has 0 heterocycles. The summed E-state index contributed by atoms with van der Waals surface area (Å²) in [5, 5.41) is 18.5. The van der Waals surface area contributed by atoms with Crippen LogP contribution in [0, 0.1) is 0 Å². The zero-order chi connectivity index (χ0) is 14.8. The minimum atomic E-state index is -1.03. The van der Waals surface area contributed by atoms with Crippen molar-refractivity contribution in [3.8, 4) is 0 Å². The lowest BCUT2D eigenvalue weighted by molar-refractivity contribution is 0.121. The lowest BCUT2D eigenvalue weighted by Crippen LogP contribution is -2.44. The third-order valence-electron chi connectivity index (χ3n) is 3.91. The summed E-state index contributed by atoms with van der Waals surface area (Å²) in [5.41, 5.74) is 6.99. The first kappa shape index (κ1) is 20.4. The van der Waals surface area contributed by atoms with Gasteiger partial charge in [0.15, 0.2) is 0 Å². The van der Waals surface area contributed by atoms with Crippen LogP contribution in [0.3, 0.4) is 0 Å². The van der Waals surface area contributed by atoms with Gasteiger partial charge in [-0.25, -0.2) is 0 Å². The molecule has 122 valence electrons. The van der Waals surface area contributed by atoms with E-state index in [9.17, 15) is 10.2 Å². The first-order chi connectivity index (χ1) is 9.66. The number of aliphatic hydroxyl groups is 2. The predicted molar refractivity (Wildman–Crippen MR) is 90.8 cm³/mol. The maximum atomic E-state index is 9.27. The van der Waals surface area contributed by atoms with Gasteiger partial charge in [-0.15, -0.1) is 12.4 Å². The van der Waals surface area contributed by atoms with Gasteiger partial charge in [0, 0.05) is 0 Å². The van der Waals surface area contributed by atoms with Gasteiger partial charge >= 0.3 is 0 Å². The molecular formula is C17H30ClNO2. The minimum absolute atomic E-state index is 0. The molecule has 0 unspecified atom stereocenters. The molecular weight excluding hydrogens is 286 g/mol. The van der Waals surface area contributed by atoms with Crippen molar-refractivity contribution in [1.82, 2.24) is 0 Å².